The van der Waals surface area contributed by atoms with Crippen molar-refractivity contribution >= 4 is 11.9 Å². The van der Waals surface area contributed by atoms with Gasteiger partial charge in [-0.3, -0.25) is 9.48 Å². The summed E-state index contributed by atoms with van der Waals surface area (Å²) in [5.41, 5.74) is 4.62. The van der Waals surface area contributed by atoms with Crippen molar-refractivity contribution in [3.8, 4) is 0 Å². The first-order valence-electron chi connectivity index (χ1n) is 8.58. The second-order valence-corrected chi connectivity index (χ2v) is 6.57. The van der Waals surface area contributed by atoms with Crippen molar-refractivity contribution in [1.82, 2.24) is 25.3 Å². The molecule has 140 valence electrons. The molecule has 7 heteroatoms. The van der Waals surface area contributed by atoms with E-state index in [1.807, 2.05) is 25.6 Å². The number of likely N-dealkylation sites (N-methyl/N-ethyl adjacent to an activating group) is 1. The summed E-state index contributed by atoms with van der Waals surface area (Å²) in [7, 11) is 5.42. The Labute approximate surface area is 151 Å². The van der Waals surface area contributed by atoms with Gasteiger partial charge in [0.05, 0.1) is 5.69 Å². The molecular weight excluding hydrogens is 316 g/mol. The molecule has 0 aromatic carbocycles. The lowest BCUT2D eigenvalue weighted by Crippen LogP contribution is -2.39. The molecule has 0 unspecified atom stereocenters. The molecule has 1 rings (SSSR count). The van der Waals surface area contributed by atoms with E-state index in [0.29, 0.717) is 12.5 Å². The van der Waals surface area contributed by atoms with Crippen LogP contribution in [0.3, 0.4) is 0 Å². The van der Waals surface area contributed by atoms with E-state index < -0.39 is 0 Å². The topological polar surface area (TPSA) is 74.6 Å². The van der Waals surface area contributed by atoms with Crippen molar-refractivity contribution in [2.45, 2.75) is 33.6 Å². The standard InChI is InChI=1S/C18H32N6O/c1-13(2)11-20-18(21-12-17(25)23(5)6)19-10-8-9-16-14(3)22-24(7)15(16)4/h1,8-12H2,2-7H3,(H2,19,20,21). The van der Waals surface area contributed by atoms with Crippen molar-refractivity contribution in [3.63, 3.8) is 0 Å². The Balaban J connectivity index is 2.55. The highest BCUT2D eigenvalue weighted by atomic mass is 16.2. The molecule has 25 heavy (non-hydrogen) atoms. The van der Waals surface area contributed by atoms with E-state index in [2.05, 4.69) is 34.2 Å². The van der Waals surface area contributed by atoms with Gasteiger partial charge in [0.15, 0.2) is 5.96 Å². The van der Waals surface area contributed by atoms with Crippen LogP contribution in [-0.4, -0.2) is 60.3 Å². The number of hydrogen-bond acceptors (Lipinski definition) is 3. The largest absolute Gasteiger partial charge is 0.356 e. The van der Waals surface area contributed by atoms with Crippen LogP contribution in [0.15, 0.2) is 17.1 Å². The highest BCUT2D eigenvalue weighted by molar-refractivity contribution is 5.84. The Bertz CT molecular complexity index is 630. The number of hydrogen-bond donors (Lipinski definition) is 2. The van der Waals surface area contributed by atoms with E-state index in [9.17, 15) is 4.79 Å². The minimum atomic E-state index is -0.0296. The van der Waals surface area contributed by atoms with Crippen molar-refractivity contribution < 1.29 is 4.79 Å². The predicted octanol–water partition coefficient (Wildman–Crippen LogP) is 1.17. The Kier molecular flexibility index (Phi) is 8.18. The van der Waals surface area contributed by atoms with Crippen LogP contribution < -0.4 is 10.6 Å². The molecule has 7 nitrogen and oxygen atoms in total. The Hall–Kier alpha value is -2.31. The van der Waals surface area contributed by atoms with Crippen LogP contribution in [0, 0.1) is 13.8 Å². The molecule has 0 radical (unpaired) electrons. The average molecular weight is 348 g/mol. The molecule has 0 aliphatic rings. The minimum Gasteiger partial charge on any atom is -0.356 e. The Morgan fingerprint density at radius 2 is 2.00 bits per heavy atom. The third kappa shape index (κ3) is 6.99. The fourth-order valence-electron chi connectivity index (χ4n) is 2.35. The van der Waals surface area contributed by atoms with E-state index in [1.54, 1.807) is 14.1 Å². The first kappa shape index (κ1) is 20.7. The Morgan fingerprint density at radius 3 is 2.52 bits per heavy atom. The second kappa shape index (κ2) is 9.86. The second-order valence-electron chi connectivity index (χ2n) is 6.57. The van der Waals surface area contributed by atoms with Crippen LogP contribution in [0.1, 0.15) is 30.3 Å². The molecule has 1 heterocycles. The molecule has 0 fully saturated rings. The summed E-state index contributed by atoms with van der Waals surface area (Å²) in [6, 6.07) is 0. The lowest BCUT2D eigenvalue weighted by atomic mass is 10.1. The van der Waals surface area contributed by atoms with Crippen LogP contribution in [0.4, 0.5) is 0 Å². The third-order valence-electron chi connectivity index (χ3n) is 3.98. The summed E-state index contributed by atoms with van der Waals surface area (Å²) in [5, 5.41) is 10.9. The summed E-state index contributed by atoms with van der Waals surface area (Å²) in [4.78, 5) is 17.6. The number of amides is 1. The quantitative estimate of drug-likeness (QED) is 0.320. The van der Waals surface area contributed by atoms with E-state index in [0.717, 1.165) is 30.7 Å². The highest BCUT2D eigenvalue weighted by Gasteiger charge is 2.09. The number of aromatic nitrogens is 2. The lowest BCUT2D eigenvalue weighted by Gasteiger charge is -2.14. The SMILES string of the molecule is C=C(C)CNC(=NCC(=O)N(C)C)NCCCc1c(C)nn(C)c1C. The molecule has 1 aromatic heterocycles. The van der Waals surface area contributed by atoms with Crippen LogP contribution in [-0.2, 0) is 18.3 Å². The van der Waals surface area contributed by atoms with Gasteiger partial charge in [0.2, 0.25) is 5.91 Å². The van der Waals surface area contributed by atoms with Gasteiger partial charge in [0.25, 0.3) is 0 Å². The van der Waals surface area contributed by atoms with Gasteiger partial charge >= 0.3 is 0 Å². The number of rotatable bonds is 8. The summed E-state index contributed by atoms with van der Waals surface area (Å²) < 4.78 is 1.92. The molecule has 0 aliphatic heterocycles. The number of carbonyl (C=O) groups is 1. The zero-order chi connectivity index (χ0) is 19.0. The maximum absolute atomic E-state index is 11.7. The van der Waals surface area contributed by atoms with Crippen LogP contribution in [0.2, 0.25) is 0 Å². The highest BCUT2D eigenvalue weighted by Crippen LogP contribution is 2.13. The smallest absolute Gasteiger partial charge is 0.243 e. The van der Waals surface area contributed by atoms with Gasteiger partial charge < -0.3 is 15.5 Å². The summed E-state index contributed by atoms with van der Waals surface area (Å²) in [5.74, 6) is 0.607. The van der Waals surface area contributed by atoms with Gasteiger partial charge in [-0.25, -0.2) is 4.99 Å². The fourth-order valence-corrected chi connectivity index (χ4v) is 2.35. The molecule has 0 atom stereocenters. The van der Waals surface area contributed by atoms with Crippen molar-refractivity contribution in [2.24, 2.45) is 12.0 Å². The number of nitrogens with zero attached hydrogens (tertiary/aromatic N) is 4. The third-order valence-corrected chi connectivity index (χ3v) is 3.98. The maximum atomic E-state index is 11.7. The fraction of sp³-hybridized carbons (Fsp3) is 0.611. The molecular formula is C18H32N6O. The monoisotopic (exact) mass is 348 g/mol. The van der Waals surface area contributed by atoms with E-state index in [1.165, 1.54) is 16.2 Å². The molecule has 0 spiro atoms. The number of aryl methyl sites for hydroxylation is 2. The molecule has 0 aliphatic carbocycles. The van der Waals surface area contributed by atoms with E-state index in [4.69, 9.17) is 0 Å². The van der Waals surface area contributed by atoms with Gasteiger partial charge in [-0.05, 0) is 39.2 Å². The van der Waals surface area contributed by atoms with Crippen molar-refractivity contribution in [3.05, 3.63) is 29.1 Å². The molecule has 1 aromatic rings. The number of carbonyl (C=O) groups excluding carboxylic acids is 1. The van der Waals surface area contributed by atoms with Crippen molar-refractivity contribution in [2.75, 3.05) is 33.7 Å². The first-order chi connectivity index (χ1) is 11.7. The molecule has 0 saturated heterocycles. The Morgan fingerprint density at radius 1 is 1.32 bits per heavy atom. The van der Waals surface area contributed by atoms with Gasteiger partial charge in [0.1, 0.15) is 6.54 Å². The number of aliphatic imine (C=N–C) groups is 1. The average Bonchev–Trinajstić information content (AvgIpc) is 2.78. The zero-order valence-corrected chi connectivity index (χ0v) is 16.4. The lowest BCUT2D eigenvalue weighted by molar-refractivity contribution is -0.127. The zero-order valence-electron chi connectivity index (χ0n) is 16.4. The summed E-state index contributed by atoms with van der Waals surface area (Å²) in [6.45, 7) is 11.5. The van der Waals surface area contributed by atoms with E-state index in [-0.39, 0.29) is 12.5 Å². The van der Waals surface area contributed by atoms with Crippen LogP contribution >= 0.6 is 0 Å². The molecule has 2 N–H and O–H groups in total. The number of nitrogens with one attached hydrogen (secondary N) is 2. The predicted molar refractivity (Wildman–Crippen MR) is 103 cm³/mol. The minimum absolute atomic E-state index is 0.0296. The first-order valence-corrected chi connectivity index (χ1v) is 8.58. The maximum Gasteiger partial charge on any atom is 0.243 e. The normalized spacial score (nSPS) is 11.4. The number of guanidine groups is 1. The van der Waals surface area contributed by atoms with Gasteiger partial charge in [-0.1, -0.05) is 12.2 Å². The molecule has 0 saturated carbocycles. The van der Waals surface area contributed by atoms with Crippen molar-refractivity contribution in [1.29, 1.82) is 0 Å². The van der Waals surface area contributed by atoms with Gasteiger partial charge in [-0.15, -0.1) is 0 Å². The van der Waals surface area contributed by atoms with Gasteiger partial charge in [0, 0.05) is 39.9 Å². The van der Waals surface area contributed by atoms with Gasteiger partial charge in [-0.2, -0.15) is 5.10 Å². The van der Waals surface area contributed by atoms with Crippen LogP contribution in [0.5, 0.6) is 0 Å². The molecule has 0 bridgehead atoms. The molecule has 1 amide bonds. The summed E-state index contributed by atoms with van der Waals surface area (Å²) in [6.07, 6.45) is 1.92. The van der Waals surface area contributed by atoms with E-state index >= 15 is 0 Å². The summed E-state index contributed by atoms with van der Waals surface area (Å²) >= 11 is 0. The van der Waals surface area contributed by atoms with Crippen LogP contribution in [0.25, 0.3) is 0 Å².